The van der Waals surface area contributed by atoms with Crippen LogP contribution in [-0.4, -0.2) is 38.5 Å². The number of amides is 1. The van der Waals surface area contributed by atoms with Gasteiger partial charge in [0, 0.05) is 27.7 Å². The van der Waals surface area contributed by atoms with Gasteiger partial charge in [-0.15, -0.1) is 0 Å². The molecule has 0 unspecified atom stereocenters. The van der Waals surface area contributed by atoms with E-state index in [2.05, 4.69) is 11.9 Å². The number of hydrogen-bond donors (Lipinski definition) is 0. The van der Waals surface area contributed by atoms with Gasteiger partial charge in [-0.05, 0) is 18.6 Å². The van der Waals surface area contributed by atoms with Crippen LogP contribution in [0.2, 0.25) is 0 Å². The van der Waals surface area contributed by atoms with Gasteiger partial charge in [-0.2, -0.15) is 0 Å². The molecule has 1 amide bonds. The average molecular weight is 304 g/mol. The summed E-state index contributed by atoms with van der Waals surface area (Å²) in [5.74, 6) is -0.219. The van der Waals surface area contributed by atoms with Crippen molar-refractivity contribution in [2.75, 3.05) is 13.6 Å². The number of aryl methyl sites for hydroxylation is 1. The van der Waals surface area contributed by atoms with Gasteiger partial charge in [0.1, 0.15) is 11.3 Å². The Bertz CT molecular complexity index is 835. The van der Waals surface area contributed by atoms with Gasteiger partial charge < -0.3 is 4.90 Å². The van der Waals surface area contributed by atoms with Crippen molar-refractivity contribution in [1.29, 1.82) is 0 Å². The maximum atomic E-state index is 12.3. The van der Waals surface area contributed by atoms with E-state index in [0.717, 1.165) is 17.4 Å². The van der Waals surface area contributed by atoms with Crippen molar-refractivity contribution in [3.8, 4) is 0 Å². The predicted octanol–water partition coefficient (Wildman–Crippen LogP) is 0.504. The van der Waals surface area contributed by atoms with Gasteiger partial charge in [0.05, 0.1) is 5.39 Å². The molecule has 0 aromatic carbocycles. The minimum atomic E-state index is -0.464. The largest absolute Gasteiger partial charge is 0.340 e. The van der Waals surface area contributed by atoms with Crippen LogP contribution in [-0.2, 0) is 14.1 Å². The van der Waals surface area contributed by atoms with E-state index in [1.807, 2.05) is 0 Å². The third-order valence-electron chi connectivity index (χ3n) is 3.71. The molecule has 0 N–H and O–H groups in total. The average Bonchev–Trinajstić information content (AvgIpc) is 2.54. The van der Waals surface area contributed by atoms with Gasteiger partial charge in [-0.3, -0.25) is 18.7 Å². The van der Waals surface area contributed by atoms with Crippen LogP contribution in [0.15, 0.2) is 21.7 Å². The quantitative estimate of drug-likeness (QED) is 0.824. The normalized spacial score (nSPS) is 10.9. The molecule has 0 aliphatic carbocycles. The fraction of sp³-hybridized carbons (Fsp3) is 0.467. The van der Waals surface area contributed by atoms with Gasteiger partial charge in [-0.1, -0.05) is 13.3 Å². The summed E-state index contributed by atoms with van der Waals surface area (Å²) >= 11 is 0. The van der Waals surface area contributed by atoms with Crippen molar-refractivity contribution < 1.29 is 4.79 Å². The zero-order valence-electron chi connectivity index (χ0n) is 13.3. The highest BCUT2D eigenvalue weighted by atomic mass is 16.2. The zero-order valence-corrected chi connectivity index (χ0v) is 13.3. The van der Waals surface area contributed by atoms with E-state index in [4.69, 9.17) is 0 Å². The lowest BCUT2D eigenvalue weighted by atomic mass is 10.2. The van der Waals surface area contributed by atoms with E-state index >= 15 is 0 Å². The summed E-state index contributed by atoms with van der Waals surface area (Å²) in [6, 6.07) is 3.07. The third kappa shape index (κ3) is 2.66. The smallest absolute Gasteiger partial charge is 0.332 e. The second-order valence-corrected chi connectivity index (χ2v) is 5.35. The molecule has 2 heterocycles. The highest BCUT2D eigenvalue weighted by Crippen LogP contribution is 2.08. The molecule has 0 spiro atoms. The monoisotopic (exact) mass is 304 g/mol. The summed E-state index contributed by atoms with van der Waals surface area (Å²) < 4.78 is 2.30. The molecule has 0 bridgehead atoms. The summed E-state index contributed by atoms with van der Waals surface area (Å²) in [7, 11) is 4.67. The Hall–Kier alpha value is -2.44. The molecule has 118 valence electrons. The van der Waals surface area contributed by atoms with Crippen molar-refractivity contribution >= 4 is 16.9 Å². The highest BCUT2D eigenvalue weighted by Gasteiger charge is 2.16. The van der Waals surface area contributed by atoms with Crippen LogP contribution < -0.4 is 11.2 Å². The fourth-order valence-electron chi connectivity index (χ4n) is 2.27. The first-order valence-electron chi connectivity index (χ1n) is 7.20. The van der Waals surface area contributed by atoms with Crippen molar-refractivity contribution in [3.63, 3.8) is 0 Å². The number of carbonyl (C=O) groups is 1. The molecule has 7 nitrogen and oxygen atoms in total. The number of fused-ring (bicyclic) bond motifs is 1. The molecular weight excluding hydrogens is 284 g/mol. The predicted molar refractivity (Wildman–Crippen MR) is 84.1 cm³/mol. The van der Waals surface area contributed by atoms with Crippen LogP contribution in [0.25, 0.3) is 11.0 Å². The lowest BCUT2D eigenvalue weighted by molar-refractivity contribution is 0.0788. The number of nitrogens with zero attached hydrogens (tertiary/aromatic N) is 4. The molecule has 0 saturated carbocycles. The maximum Gasteiger partial charge on any atom is 0.332 e. The molecule has 0 aliphatic heterocycles. The van der Waals surface area contributed by atoms with Crippen LogP contribution in [0.3, 0.4) is 0 Å². The van der Waals surface area contributed by atoms with E-state index < -0.39 is 11.2 Å². The first-order valence-corrected chi connectivity index (χ1v) is 7.20. The van der Waals surface area contributed by atoms with Gasteiger partial charge in [-0.25, -0.2) is 9.78 Å². The maximum absolute atomic E-state index is 12.3. The Morgan fingerprint density at radius 2 is 1.91 bits per heavy atom. The van der Waals surface area contributed by atoms with Gasteiger partial charge in [0.2, 0.25) is 0 Å². The molecule has 22 heavy (non-hydrogen) atoms. The number of pyridine rings is 1. The summed E-state index contributed by atoms with van der Waals surface area (Å²) in [6.45, 7) is 2.70. The number of hydrogen-bond acceptors (Lipinski definition) is 4. The Morgan fingerprint density at radius 1 is 1.23 bits per heavy atom. The molecule has 0 radical (unpaired) electrons. The lowest BCUT2D eigenvalue weighted by Gasteiger charge is -2.16. The highest BCUT2D eigenvalue weighted by molar-refractivity contribution is 5.94. The van der Waals surface area contributed by atoms with E-state index in [0.29, 0.717) is 11.9 Å². The van der Waals surface area contributed by atoms with Crippen molar-refractivity contribution in [2.24, 2.45) is 14.1 Å². The van der Waals surface area contributed by atoms with E-state index in [-0.39, 0.29) is 17.2 Å². The molecule has 2 aromatic rings. The molecule has 2 rings (SSSR count). The Balaban J connectivity index is 2.54. The van der Waals surface area contributed by atoms with Crippen molar-refractivity contribution in [2.45, 2.75) is 19.8 Å². The van der Waals surface area contributed by atoms with Gasteiger partial charge in [0.25, 0.3) is 11.5 Å². The zero-order chi connectivity index (χ0) is 16.4. The Kier molecular flexibility index (Phi) is 4.44. The van der Waals surface area contributed by atoms with E-state index in [1.165, 1.54) is 24.7 Å². The molecule has 7 heteroatoms. The van der Waals surface area contributed by atoms with E-state index in [9.17, 15) is 14.4 Å². The fourth-order valence-corrected chi connectivity index (χ4v) is 2.27. The second kappa shape index (κ2) is 6.13. The standard InChI is InChI=1S/C15H20N4O3/c1-5-6-9-17(2)14(21)11-8-7-10-12(16-11)18(3)15(22)19(4)13(10)20/h7-8H,5-6,9H2,1-4H3. The Labute approximate surface area is 127 Å². The number of unbranched alkanes of at least 4 members (excludes halogenated alkanes) is 1. The van der Waals surface area contributed by atoms with Crippen molar-refractivity contribution in [1.82, 2.24) is 19.0 Å². The first kappa shape index (κ1) is 15.9. The summed E-state index contributed by atoms with van der Waals surface area (Å²) in [5.41, 5.74) is -0.421. The SMILES string of the molecule is CCCCN(C)C(=O)c1ccc2c(=O)n(C)c(=O)n(C)c2n1. The van der Waals surface area contributed by atoms with Crippen LogP contribution in [0.4, 0.5) is 0 Å². The Morgan fingerprint density at radius 3 is 2.55 bits per heavy atom. The van der Waals surface area contributed by atoms with Crippen LogP contribution in [0.1, 0.15) is 30.3 Å². The molecular formula is C15H20N4O3. The van der Waals surface area contributed by atoms with E-state index in [1.54, 1.807) is 18.0 Å². The van der Waals surface area contributed by atoms with Crippen molar-refractivity contribution in [3.05, 3.63) is 38.7 Å². The minimum Gasteiger partial charge on any atom is -0.340 e. The molecule has 0 saturated heterocycles. The molecule has 0 fully saturated rings. The number of aromatic nitrogens is 3. The first-order chi connectivity index (χ1) is 10.4. The van der Waals surface area contributed by atoms with Crippen LogP contribution >= 0.6 is 0 Å². The molecule has 2 aromatic heterocycles. The third-order valence-corrected chi connectivity index (χ3v) is 3.71. The summed E-state index contributed by atoms with van der Waals surface area (Å²) in [5, 5.41) is 0.317. The van der Waals surface area contributed by atoms with Gasteiger partial charge in [0.15, 0.2) is 0 Å². The lowest BCUT2D eigenvalue weighted by Crippen LogP contribution is -2.37. The van der Waals surface area contributed by atoms with Gasteiger partial charge >= 0.3 is 5.69 Å². The van der Waals surface area contributed by atoms with Crippen LogP contribution in [0.5, 0.6) is 0 Å². The molecule has 0 aliphatic rings. The molecule has 0 atom stereocenters. The second-order valence-electron chi connectivity index (χ2n) is 5.35. The number of rotatable bonds is 4. The van der Waals surface area contributed by atoms with Crippen LogP contribution in [0, 0.1) is 0 Å². The summed E-state index contributed by atoms with van der Waals surface area (Å²) in [4.78, 5) is 42.2. The topological polar surface area (TPSA) is 77.2 Å². The number of carbonyl (C=O) groups excluding carboxylic acids is 1. The summed E-state index contributed by atoms with van der Waals surface area (Å²) in [6.07, 6.45) is 1.90. The minimum absolute atomic E-state index is 0.219.